The van der Waals surface area contributed by atoms with Crippen LogP contribution in [0.25, 0.3) is 0 Å². The molecule has 1 fully saturated rings. The molecule has 21 heavy (non-hydrogen) atoms. The Morgan fingerprint density at radius 2 is 2.10 bits per heavy atom. The van der Waals surface area contributed by atoms with Gasteiger partial charge in [0.1, 0.15) is 5.41 Å². The van der Waals surface area contributed by atoms with Crippen molar-refractivity contribution in [2.24, 2.45) is 0 Å². The minimum absolute atomic E-state index is 0.234. The highest BCUT2D eigenvalue weighted by Gasteiger charge is 2.36. The number of hydrogen-bond donors (Lipinski definition) is 1. The summed E-state index contributed by atoms with van der Waals surface area (Å²) in [4.78, 5) is 13.9. The molecule has 0 aliphatic carbocycles. The first kappa shape index (κ1) is 16.0. The predicted molar refractivity (Wildman–Crippen MR) is 82.5 cm³/mol. The van der Waals surface area contributed by atoms with E-state index in [0.29, 0.717) is 6.54 Å². The van der Waals surface area contributed by atoms with E-state index in [1.807, 2.05) is 37.4 Å². The number of rotatable bonds is 6. The highest BCUT2D eigenvalue weighted by molar-refractivity contribution is 5.81. The average Bonchev–Trinajstić information content (AvgIpc) is 2.48. The van der Waals surface area contributed by atoms with Crippen molar-refractivity contribution in [3.05, 3.63) is 35.9 Å². The van der Waals surface area contributed by atoms with E-state index in [1.54, 1.807) is 6.92 Å². The van der Waals surface area contributed by atoms with Crippen molar-refractivity contribution in [1.29, 1.82) is 0 Å². The third-order valence-electron chi connectivity index (χ3n) is 4.26. The third kappa shape index (κ3) is 4.05. The Kier molecular flexibility index (Phi) is 5.37. The van der Waals surface area contributed by atoms with Gasteiger partial charge < -0.3 is 14.7 Å². The molecule has 0 aromatic heterocycles. The molecule has 2 rings (SSSR count). The van der Waals surface area contributed by atoms with Crippen LogP contribution < -0.4 is 0 Å². The zero-order valence-electron chi connectivity index (χ0n) is 12.9. The summed E-state index contributed by atoms with van der Waals surface area (Å²) in [5, 5.41) is 9.68. The molecule has 116 valence electrons. The van der Waals surface area contributed by atoms with Crippen molar-refractivity contribution in [2.45, 2.75) is 37.7 Å². The number of nitrogens with zero attached hydrogens (tertiary/aromatic N) is 1. The average molecular weight is 291 g/mol. The van der Waals surface area contributed by atoms with E-state index in [-0.39, 0.29) is 6.10 Å². The molecule has 1 aromatic carbocycles. The molecule has 4 heteroatoms. The second-order valence-corrected chi connectivity index (χ2v) is 6.19. The van der Waals surface area contributed by atoms with E-state index < -0.39 is 11.4 Å². The van der Waals surface area contributed by atoms with Gasteiger partial charge in [-0.05, 0) is 38.8 Å². The molecule has 0 amide bonds. The second kappa shape index (κ2) is 7.05. The number of carboxylic acid groups (broad SMARTS) is 1. The maximum atomic E-state index is 11.8. The summed E-state index contributed by atoms with van der Waals surface area (Å²) in [7, 11) is 1.97. The standard InChI is InChI=1S/C17H25NO3/c1-17(16(19)20,14-8-4-3-5-9-14)13-18(2)12-15-10-6-7-11-21-15/h3-5,8-9,15H,6-7,10-13H2,1-2H3,(H,19,20). The van der Waals surface area contributed by atoms with Gasteiger partial charge in [0.15, 0.2) is 0 Å². The third-order valence-corrected chi connectivity index (χ3v) is 4.26. The van der Waals surface area contributed by atoms with Crippen molar-refractivity contribution in [2.75, 3.05) is 26.7 Å². The van der Waals surface area contributed by atoms with Gasteiger partial charge in [0.25, 0.3) is 0 Å². The summed E-state index contributed by atoms with van der Waals surface area (Å²) in [6.45, 7) is 3.89. The van der Waals surface area contributed by atoms with Crippen LogP contribution in [0.4, 0.5) is 0 Å². The van der Waals surface area contributed by atoms with Crippen molar-refractivity contribution in [1.82, 2.24) is 4.90 Å². The fourth-order valence-corrected chi connectivity index (χ4v) is 2.99. The first-order valence-electron chi connectivity index (χ1n) is 7.61. The lowest BCUT2D eigenvalue weighted by Crippen LogP contribution is -2.45. The van der Waals surface area contributed by atoms with E-state index in [2.05, 4.69) is 4.90 Å². The van der Waals surface area contributed by atoms with Gasteiger partial charge in [-0.3, -0.25) is 4.79 Å². The minimum atomic E-state index is -0.898. The summed E-state index contributed by atoms with van der Waals surface area (Å²) in [5.74, 6) is -0.787. The number of likely N-dealkylation sites (N-methyl/N-ethyl adjacent to an activating group) is 1. The predicted octanol–water partition coefficient (Wildman–Crippen LogP) is 2.53. The topological polar surface area (TPSA) is 49.8 Å². The number of carboxylic acids is 1. The molecule has 1 aromatic rings. The largest absolute Gasteiger partial charge is 0.481 e. The number of hydrogen-bond acceptors (Lipinski definition) is 3. The molecule has 1 N–H and O–H groups in total. The normalized spacial score (nSPS) is 22.0. The summed E-state index contributed by atoms with van der Waals surface area (Å²) in [6.07, 6.45) is 3.64. The number of carbonyl (C=O) groups is 1. The lowest BCUT2D eigenvalue weighted by molar-refractivity contribution is -0.144. The fourth-order valence-electron chi connectivity index (χ4n) is 2.99. The van der Waals surface area contributed by atoms with Crippen LogP contribution in [0.5, 0.6) is 0 Å². The second-order valence-electron chi connectivity index (χ2n) is 6.19. The Bertz CT molecular complexity index is 456. The maximum absolute atomic E-state index is 11.8. The summed E-state index contributed by atoms with van der Waals surface area (Å²) < 4.78 is 5.74. The molecule has 0 spiro atoms. The van der Waals surface area contributed by atoms with Gasteiger partial charge in [-0.15, -0.1) is 0 Å². The monoisotopic (exact) mass is 291 g/mol. The van der Waals surface area contributed by atoms with Crippen molar-refractivity contribution in [3.63, 3.8) is 0 Å². The highest BCUT2D eigenvalue weighted by Crippen LogP contribution is 2.25. The van der Waals surface area contributed by atoms with E-state index in [4.69, 9.17) is 4.74 Å². The van der Waals surface area contributed by atoms with Gasteiger partial charge in [-0.1, -0.05) is 30.3 Å². The first-order chi connectivity index (χ1) is 10.0. The molecule has 1 aliphatic heterocycles. The molecule has 0 saturated carbocycles. The van der Waals surface area contributed by atoms with Crippen LogP contribution in [-0.2, 0) is 14.9 Å². The fraction of sp³-hybridized carbons (Fsp3) is 0.588. The lowest BCUT2D eigenvalue weighted by Gasteiger charge is -2.33. The van der Waals surface area contributed by atoms with Crippen LogP contribution in [0, 0.1) is 0 Å². The van der Waals surface area contributed by atoms with Crippen LogP contribution in [0.3, 0.4) is 0 Å². The summed E-state index contributed by atoms with van der Waals surface area (Å²) in [6, 6.07) is 9.46. The smallest absolute Gasteiger partial charge is 0.315 e. The molecule has 1 heterocycles. The quantitative estimate of drug-likeness (QED) is 0.875. The van der Waals surface area contributed by atoms with Crippen molar-refractivity contribution in [3.8, 4) is 0 Å². The number of aliphatic carboxylic acids is 1. The number of benzene rings is 1. The zero-order valence-corrected chi connectivity index (χ0v) is 12.9. The van der Waals surface area contributed by atoms with E-state index >= 15 is 0 Å². The van der Waals surface area contributed by atoms with Crippen LogP contribution in [-0.4, -0.2) is 48.8 Å². The Morgan fingerprint density at radius 3 is 2.67 bits per heavy atom. The molecule has 0 radical (unpaired) electrons. The minimum Gasteiger partial charge on any atom is -0.481 e. The molecular weight excluding hydrogens is 266 g/mol. The molecule has 1 saturated heterocycles. The maximum Gasteiger partial charge on any atom is 0.315 e. The van der Waals surface area contributed by atoms with Crippen LogP contribution in [0.15, 0.2) is 30.3 Å². The van der Waals surface area contributed by atoms with Gasteiger partial charge in [0.05, 0.1) is 6.10 Å². The molecular formula is C17H25NO3. The van der Waals surface area contributed by atoms with Crippen molar-refractivity contribution >= 4 is 5.97 Å². The Labute approximate surface area is 126 Å². The van der Waals surface area contributed by atoms with Crippen LogP contribution in [0.1, 0.15) is 31.7 Å². The van der Waals surface area contributed by atoms with E-state index in [1.165, 1.54) is 6.42 Å². The molecule has 2 atom stereocenters. The lowest BCUT2D eigenvalue weighted by atomic mass is 9.82. The van der Waals surface area contributed by atoms with Gasteiger partial charge in [0, 0.05) is 19.7 Å². The first-order valence-corrected chi connectivity index (χ1v) is 7.61. The Hall–Kier alpha value is -1.39. The Morgan fingerprint density at radius 1 is 1.38 bits per heavy atom. The molecule has 1 aliphatic rings. The van der Waals surface area contributed by atoms with Crippen molar-refractivity contribution < 1.29 is 14.6 Å². The van der Waals surface area contributed by atoms with Crippen LogP contribution >= 0.6 is 0 Å². The van der Waals surface area contributed by atoms with E-state index in [9.17, 15) is 9.90 Å². The van der Waals surface area contributed by atoms with Gasteiger partial charge in [0.2, 0.25) is 0 Å². The molecule has 2 unspecified atom stereocenters. The summed E-state index contributed by atoms with van der Waals surface area (Å²) >= 11 is 0. The highest BCUT2D eigenvalue weighted by atomic mass is 16.5. The molecule has 0 bridgehead atoms. The van der Waals surface area contributed by atoms with Gasteiger partial charge in [-0.25, -0.2) is 0 Å². The van der Waals surface area contributed by atoms with Gasteiger partial charge in [-0.2, -0.15) is 0 Å². The Balaban J connectivity index is 2.03. The molecule has 4 nitrogen and oxygen atoms in total. The SMILES string of the molecule is CN(CC1CCCCO1)CC(C)(C(=O)O)c1ccccc1. The number of ether oxygens (including phenoxy) is 1. The van der Waals surface area contributed by atoms with Crippen LogP contribution in [0.2, 0.25) is 0 Å². The zero-order chi connectivity index (χ0) is 15.3. The van der Waals surface area contributed by atoms with E-state index in [0.717, 1.165) is 31.6 Å². The van der Waals surface area contributed by atoms with Gasteiger partial charge >= 0.3 is 5.97 Å². The summed E-state index contributed by atoms with van der Waals surface area (Å²) in [5.41, 5.74) is -0.0566.